The summed E-state index contributed by atoms with van der Waals surface area (Å²) in [6, 6.07) is 14.6. The minimum atomic E-state index is -3.67. The average molecular weight is 413 g/mol. The molecule has 0 atom stereocenters. The molecule has 0 bridgehead atoms. The predicted molar refractivity (Wildman–Crippen MR) is 111 cm³/mol. The fourth-order valence-electron chi connectivity index (χ4n) is 3.02. The van der Waals surface area contributed by atoms with Crippen LogP contribution in [0.5, 0.6) is 5.75 Å². The van der Waals surface area contributed by atoms with Crippen LogP contribution in [0.2, 0.25) is 0 Å². The van der Waals surface area contributed by atoms with Crippen molar-refractivity contribution in [2.75, 3.05) is 12.9 Å². The zero-order chi connectivity index (χ0) is 21.0. The van der Waals surface area contributed by atoms with Crippen LogP contribution in [0, 0.1) is 13.8 Å². The monoisotopic (exact) mass is 413 g/mol. The number of ketones is 1. The number of Topliss-reactive ketones (excluding diaryl/α,β-unsaturated/α-hetero) is 1. The summed E-state index contributed by atoms with van der Waals surface area (Å²) in [4.78, 5) is 16.6. The third-order valence-electron chi connectivity index (χ3n) is 4.60. The summed E-state index contributed by atoms with van der Waals surface area (Å²) in [7, 11) is -2.11. The van der Waals surface area contributed by atoms with Crippen molar-refractivity contribution >= 4 is 15.6 Å². The van der Waals surface area contributed by atoms with Crippen LogP contribution in [0.1, 0.15) is 22.6 Å². The number of methoxy groups -OCH3 is 1. The van der Waals surface area contributed by atoms with Crippen LogP contribution in [0.3, 0.4) is 0 Å². The molecule has 0 saturated heterocycles. The molecule has 0 saturated carbocycles. The first kappa shape index (κ1) is 20.8. The molecule has 0 spiro atoms. The van der Waals surface area contributed by atoms with Gasteiger partial charge in [-0.1, -0.05) is 30.3 Å². The van der Waals surface area contributed by atoms with E-state index in [1.807, 2.05) is 31.2 Å². The predicted octanol–water partition coefficient (Wildman–Crippen LogP) is 3.69. The minimum absolute atomic E-state index is 0.0960. The van der Waals surface area contributed by atoms with Crippen molar-refractivity contribution in [3.8, 4) is 17.2 Å². The lowest BCUT2D eigenvalue weighted by Crippen LogP contribution is -2.20. The molecule has 0 radical (unpaired) electrons. The van der Waals surface area contributed by atoms with Gasteiger partial charge in [-0.2, -0.15) is 0 Å². The standard InChI is InChI=1S/C22H23NO5S/c1-15-7-4-5-8-17(15)11-19(24)13-29(25,26)14-21-16(2)28-22(23-21)18-9-6-10-20(12-18)27-3/h4-10,12H,11,13-14H2,1-3H3. The summed E-state index contributed by atoms with van der Waals surface area (Å²) in [5, 5.41) is 0. The summed E-state index contributed by atoms with van der Waals surface area (Å²) in [5.41, 5.74) is 2.80. The Labute approximate surface area is 170 Å². The van der Waals surface area contributed by atoms with Gasteiger partial charge in [-0.3, -0.25) is 4.79 Å². The Hall–Kier alpha value is -2.93. The molecule has 3 rings (SSSR count). The number of nitrogens with zero attached hydrogens (tertiary/aromatic N) is 1. The number of hydrogen-bond acceptors (Lipinski definition) is 6. The molecule has 152 valence electrons. The zero-order valence-electron chi connectivity index (χ0n) is 16.6. The number of benzene rings is 2. The fourth-order valence-corrected chi connectivity index (χ4v) is 4.40. The van der Waals surface area contributed by atoms with Gasteiger partial charge in [0.1, 0.15) is 17.3 Å². The lowest BCUT2D eigenvalue weighted by molar-refractivity contribution is -0.116. The van der Waals surface area contributed by atoms with Crippen molar-refractivity contribution < 1.29 is 22.4 Å². The van der Waals surface area contributed by atoms with Gasteiger partial charge >= 0.3 is 0 Å². The first-order chi connectivity index (χ1) is 13.8. The molecule has 7 heteroatoms. The van der Waals surface area contributed by atoms with E-state index in [0.29, 0.717) is 28.7 Å². The Balaban J connectivity index is 1.72. The van der Waals surface area contributed by atoms with E-state index in [4.69, 9.17) is 9.15 Å². The number of oxazole rings is 1. The highest BCUT2D eigenvalue weighted by Crippen LogP contribution is 2.26. The van der Waals surface area contributed by atoms with E-state index in [1.54, 1.807) is 38.3 Å². The second-order valence-electron chi connectivity index (χ2n) is 6.93. The van der Waals surface area contributed by atoms with E-state index in [0.717, 1.165) is 11.1 Å². The highest BCUT2D eigenvalue weighted by atomic mass is 32.2. The zero-order valence-corrected chi connectivity index (χ0v) is 17.5. The first-order valence-corrected chi connectivity index (χ1v) is 11.0. The quantitative estimate of drug-likeness (QED) is 0.560. The number of sulfone groups is 1. The van der Waals surface area contributed by atoms with Crippen molar-refractivity contribution in [3.05, 3.63) is 71.1 Å². The maximum absolute atomic E-state index is 12.6. The number of aromatic nitrogens is 1. The van der Waals surface area contributed by atoms with Gasteiger partial charge in [0.2, 0.25) is 5.89 Å². The summed E-state index contributed by atoms with van der Waals surface area (Å²) in [6.07, 6.45) is 0.0960. The Kier molecular flexibility index (Phi) is 6.17. The number of carbonyl (C=O) groups excluding carboxylic acids is 1. The Morgan fingerprint density at radius 1 is 1.10 bits per heavy atom. The molecule has 3 aromatic rings. The number of carbonyl (C=O) groups is 1. The van der Waals surface area contributed by atoms with Crippen LogP contribution in [-0.4, -0.2) is 32.0 Å². The molecule has 1 heterocycles. The molecular weight excluding hydrogens is 390 g/mol. The molecule has 2 aromatic carbocycles. The topological polar surface area (TPSA) is 86.5 Å². The van der Waals surface area contributed by atoms with Crippen molar-refractivity contribution in [1.29, 1.82) is 0 Å². The Morgan fingerprint density at radius 3 is 2.59 bits per heavy atom. The molecule has 0 fully saturated rings. The highest BCUT2D eigenvalue weighted by Gasteiger charge is 2.22. The third-order valence-corrected chi connectivity index (χ3v) is 6.07. The third kappa shape index (κ3) is 5.32. The van der Waals surface area contributed by atoms with Gasteiger partial charge in [-0.15, -0.1) is 0 Å². The lowest BCUT2D eigenvalue weighted by atomic mass is 10.0. The Morgan fingerprint density at radius 2 is 1.86 bits per heavy atom. The highest BCUT2D eigenvalue weighted by molar-refractivity contribution is 7.91. The molecule has 0 aliphatic carbocycles. The molecule has 0 aliphatic heterocycles. The van der Waals surface area contributed by atoms with E-state index in [-0.39, 0.29) is 18.0 Å². The first-order valence-electron chi connectivity index (χ1n) is 9.15. The maximum atomic E-state index is 12.6. The van der Waals surface area contributed by atoms with Crippen LogP contribution >= 0.6 is 0 Å². The summed E-state index contributed by atoms with van der Waals surface area (Å²) >= 11 is 0. The molecule has 0 unspecified atom stereocenters. The SMILES string of the molecule is COc1cccc(-c2nc(CS(=O)(=O)CC(=O)Cc3ccccc3C)c(C)o2)c1. The van der Waals surface area contributed by atoms with Gasteiger partial charge in [0.05, 0.1) is 18.6 Å². The average Bonchev–Trinajstić information content (AvgIpc) is 3.03. The van der Waals surface area contributed by atoms with E-state index in [2.05, 4.69) is 4.98 Å². The summed E-state index contributed by atoms with van der Waals surface area (Å²) in [5.74, 6) is 0.173. The van der Waals surface area contributed by atoms with Crippen LogP contribution in [0.4, 0.5) is 0 Å². The molecule has 29 heavy (non-hydrogen) atoms. The van der Waals surface area contributed by atoms with Crippen molar-refractivity contribution in [2.45, 2.75) is 26.0 Å². The fraction of sp³-hybridized carbons (Fsp3) is 0.273. The second-order valence-corrected chi connectivity index (χ2v) is 8.99. The van der Waals surface area contributed by atoms with E-state index >= 15 is 0 Å². The van der Waals surface area contributed by atoms with Crippen LogP contribution in [0.15, 0.2) is 52.9 Å². The number of rotatable bonds is 8. The van der Waals surface area contributed by atoms with Gasteiger partial charge in [0.15, 0.2) is 15.6 Å². The normalized spacial score (nSPS) is 11.4. The molecule has 1 aromatic heterocycles. The molecule has 0 N–H and O–H groups in total. The van der Waals surface area contributed by atoms with Crippen molar-refractivity contribution in [3.63, 3.8) is 0 Å². The van der Waals surface area contributed by atoms with Crippen LogP contribution in [0.25, 0.3) is 11.5 Å². The van der Waals surface area contributed by atoms with E-state index in [1.165, 1.54) is 0 Å². The van der Waals surface area contributed by atoms with Gasteiger partial charge < -0.3 is 9.15 Å². The number of aryl methyl sites for hydroxylation is 2. The summed E-state index contributed by atoms with van der Waals surface area (Å²) < 4.78 is 36.0. The van der Waals surface area contributed by atoms with Gasteiger partial charge in [-0.05, 0) is 43.2 Å². The smallest absolute Gasteiger partial charge is 0.226 e. The van der Waals surface area contributed by atoms with Crippen molar-refractivity contribution in [1.82, 2.24) is 4.98 Å². The largest absolute Gasteiger partial charge is 0.497 e. The van der Waals surface area contributed by atoms with Crippen LogP contribution < -0.4 is 4.74 Å². The summed E-state index contributed by atoms with van der Waals surface area (Å²) in [6.45, 7) is 3.56. The van der Waals surface area contributed by atoms with Gasteiger partial charge in [-0.25, -0.2) is 13.4 Å². The van der Waals surface area contributed by atoms with Crippen LogP contribution in [-0.2, 0) is 26.8 Å². The second kappa shape index (κ2) is 8.61. The molecule has 0 aliphatic rings. The minimum Gasteiger partial charge on any atom is -0.497 e. The van der Waals surface area contributed by atoms with E-state index in [9.17, 15) is 13.2 Å². The molecule has 6 nitrogen and oxygen atoms in total. The Bertz CT molecular complexity index is 1130. The van der Waals surface area contributed by atoms with Gasteiger partial charge in [0, 0.05) is 12.0 Å². The number of ether oxygens (including phenoxy) is 1. The number of hydrogen-bond donors (Lipinski definition) is 0. The molecule has 0 amide bonds. The van der Waals surface area contributed by atoms with Crippen molar-refractivity contribution in [2.24, 2.45) is 0 Å². The molecular formula is C22H23NO5S. The lowest BCUT2D eigenvalue weighted by Gasteiger charge is -2.05. The van der Waals surface area contributed by atoms with E-state index < -0.39 is 15.6 Å². The van der Waals surface area contributed by atoms with Gasteiger partial charge in [0.25, 0.3) is 0 Å². The maximum Gasteiger partial charge on any atom is 0.226 e.